The number of rotatable bonds is 5. The molecule has 0 aromatic heterocycles. The van der Waals surface area contributed by atoms with Crippen LogP contribution in [0.15, 0.2) is 30.3 Å². The smallest absolute Gasteiger partial charge is 0.412 e. The summed E-state index contributed by atoms with van der Waals surface area (Å²) in [7, 11) is 0. The first-order valence-corrected chi connectivity index (χ1v) is 6.33. The molecule has 1 aliphatic rings. The molecule has 1 aliphatic heterocycles. The molecule has 0 aliphatic carbocycles. The van der Waals surface area contributed by atoms with Crippen molar-refractivity contribution in [1.29, 1.82) is 0 Å². The second-order valence-electron chi connectivity index (χ2n) is 4.38. The maximum Gasteiger partial charge on any atom is 0.412 e. The summed E-state index contributed by atoms with van der Waals surface area (Å²) >= 11 is 0. The quantitative estimate of drug-likeness (QED) is 0.804. The molecule has 18 heavy (non-hydrogen) atoms. The Labute approximate surface area is 107 Å². The molecule has 4 heteroatoms. The van der Waals surface area contributed by atoms with E-state index in [9.17, 15) is 4.79 Å². The minimum Gasteiger partial charge on any atom is -0.447 e. The largest absolute Gasteiger partial charge is 0.447 e. The molecule has 0 bridgehead atoms. The highest BCUT2D eigenvalue weighted by molar-refractivity contribution is 5.70. The van der Waals surface area contributed by atoms with Crippen molar-refractivity contribution < 1.29 is 14.3 Å². The zero-order chi connectivity index (χ0) is 13.0. The number of hydrogen-bond acceptors (Lipinski definition) is 3. The van der Waals surface area contributed by atoms with Gasteiger partial charge in [0.05, 0.1) is 6.04 Å². The molecular formula is C14H19NO3. The molecule has 2 atom stereocenters. The molecule has 1 saturated heterocycles. The van der Waals surface area contributed by atoms with Crippen molar-refractivity contribution in [2.45, 2.75) is 32.5 Å². The fraction of sp³-hybridized carbons (Fsp3) is 0.500. The van der Waals surface area contributed by atoms with Gasteiger partial charge >= 0.3 is 6.09 Å². The third kappa shape index (κ3) is 2.82. The monoisotopic (exact) mass is 249 g/mol. The minimum absolute atomic E-state index is 0.0569. The van der Waals surface area contributed by atoms with Gasteiger partial charge in [0.1, 0.15) is 12.8 Å². The van der Waals surface area contributed by atoms with Crippen LogP contribution in [-0.4, -0.2) is 36.5 Å². The van der Waals surface area contributed by atoms with E-state index in [0.29, 0.717) is 13.2 Å². The van der Waals surface area contributed by atoms with Crippen LogP contribution < -0.4 is 0 Å². The van der Waals surface area contributed by atoms with Crippen LogP contribution in [0, 0.1) is 0 Å². The Morgan fingerprint density at radius 3 is 2.83 bits per heavy atom. The molecular weight excluding hydrogens is 230 g/mol. The van der Waals surface area contributed by atoms with E-state index in [1.165, 1.54) is 5.56 Å². The topological polar surface area (TPSA) is 38.8 Å². The van der Waals surface area contributed by atoms with Crippen LogP contribution in [0.4, 0.5) is 4.79 Å². The van der Waals surface area contributed by atoms with Gasteiger partial charge in [0.2, 0.25) is 0 Å². The number of cyclic esters (lactones) is 1. The first-order valence-electron chi connectivity index (χ1n) is 6.33. The molecule has 4 nitrogen and oxygen atoms in total. The number of carbonyl (C=O) groups excluding carboxylic acids is 1. The Morgan fingerprint density at radius 1 is 1.44 bits per heavy atom. The van der Waals surface area contributed by atoms with Gasteiger partial charge in [0.25, 0.3) is 0 Å². The van der Waals surface area contributed by atoms with E-state index >= 15 is 0 Å². The highest BCUT2D eigenvalue weighted by Crippen LogP contribution is 2.20. The van der Waals surface area contributed by atoms with Crippen molar-refractivity contribution in [3.05, 3.63) is 35.9 Å². The third-order valence-electron chi connectivity index (χ3n) is 3.12. The molecule has 1 amide bonds. The van der Waals surface area contributed by atoms with E-state index in [4.69, 9.17) is 9.47 Å². The van der Waals surface area contributed by atoms with E-state index in [2.05, 4.69) is 12.1 Å². The van der Waals surface area contributed by atoms with Gasteiger partial charge in [-0.3, -0.25) is 4.90 Å². The van der Waals surface area contributed by atoms with Gasteiger partial charge in [-0.1, -0.05) is 30.3 Å². The van der Waals surface area contributed by atoms with Crippen molar-refractivity contribution in [1.82, 2.24) is 4.90 Å². The van der Waals surface area contributed by atoms with Crippen LogP contribution in [0.3, 0.4) is 0 Å². The number of nitrogens with zero attached hydrogens (tertiary/aromatic N) is 1. The molecule has 0 N–H and O–H groups in total. The molecule has 0 radical (unpaired) electrons. The van der Waals surface area contributed by atoms with Crippen molar-refractivity contribution in [3.8, 4) is 0 Å². The van der Waals surface area contributed by atoms with Crippen LogP contribution in [-0.2, 0) is 15.9 Å². The summed E-state index contributed by atoms with van der Waals surface area (Å²) in [4.78, 5) is 13.4. The fourth-order valence-electron chi connectivity index (χ4n) is 2.28. The number of amides is 1. The van der Waals surface area contributed by atoms with Gasteiger partial charge in [-0.2, -0.15) is 0 Å². The number of hydrogen-bond donors (Lipinski definition) is 0. The molecule has 1 fully saturated rings. The fourth-order valence-corrected chi connectivity index (χ4v) is 2.28. The zero-order valence-electron chi connectivity index (χ0n) is 10.8. The second kappa shape index (κ2) is 5.87. The maximum atomic E-state index is 11.7. The van der Waals surface area contributed by atoms with E-state index < -0.39 is 0 Å². The number of carbonyl (C=O) groups is 1. The Hall–Kier alpha value is -1.55. The average molecular weight is 249 g/mol. The summed E-state index contributed by atoms with van der Waals surface area (Å²) in [5, 5.41) is 0. The summed E-state index contributed by atoms with van der Waals surface area (Å²) < 4.78 is 10.6. The predicted molar refractivity (Wildman–Crippen MR) is 68.2 cm³/mol. The summed E-state index contributed by atoms with van der Waals surface area (Å²) in [6.07, 6.45) is 0.278. The van der Waals surface area contributed by atoms with Gasteiger partial charge in [-0.15, -0.1) is 0 Å². The normalized spacial score (nSPS) is 20.9. The van der Waals surface area contributed by atoms with E-state index in [0.717, 1.165) is 6.42 Å². The van der Waals surface area contributed by atoms with Gasteiger partial charge in [0.15, 0.2) is 0 Å². The van der Waals surface area contributed by atoms with Crippen LogP contribution in [0.1, 0.15) is 19.4 Å². The maximum absolute atomic E-state index is 11.7. The lowest BCUT2D eigenvalue weighted by Gasteiger charge is -2.27. The zero-order valence-corrected chi connectivity index (χ0v) is 10.8. The lowest BCUT2D eigenvalue weighted by atomic mass is 10.1. The van der Waals surface area contributed by atoms with Crippen molar-refractivity contribution in [3.63, 3.8) is 0 Å². The highest BCUT2D eigenvalue weighted by Gasteiger charge is 2.36. The standard InChI is InChI=1S/C14H19NO3/c1-3-17-11(2)15-13(10-18-14(15)16)9-12-7-5-4-6-8-12/h4-8,11,13H,3,9-10H2,1-2H3. The lowest BCUT2D eigenvalue weighted by molar-refractivity contribution is -0.0275. The number of benzene rings is 1. The molecule has 0 saturated carbocycles. The van der Waals surface area contributed by atoms with Gasteiger partial charge in [-0.05, 0) is 25.8 Å². The lowest BCUT2D eigenvalue weighted by Crippen LogP contribution is -2.43. The first kappa shape index (κ1) is 12.9. The predicted octanol–water partition coefficient (Wildman–Crippen LogP) is 2.43. The van der Waals surface area contributed by atoms with Crippen molar-refractivity contribution >= 4 is 6.09 Å². The Morgan fingerprint density at radius 2 is 2.17 bits per heavy atom. The van der Waals surface area contributed by atoms with Gasteiger partial charge in [-0.25, -0.2) is 4.79 Å². The molecule has 0 spiro atoms. The summed E-state index contributed by atoms with van der Waals surface area (Å²) in [6.45, 7) is 4.83. The minimum atomic E-state index is -0.281. The van der Waals surface area contributed by atoms with Gasteiger partial charge in [0, 0.05) is 6.61 Å². The van der Waals surface area contributed by atoms with Crippen molar-refractivity contribution in [2.75, 3.05) is 13.2 Å². The van der Waals surface area contributed by atoms with Gasteiger partial charge < -0.3 is 9.47 Å². The third-order valence-corrected chi connectivity index (χ3v) is 3.12. The summed E-state index contributed by atoms with van der Waals surface area (Å²) in [5.41, 5.74) is 1.20. The Balaban J connectivity index is 2.05. The molecule has 1 heterocycles. The van der Waals surface area contributed by atoms with Crippen molar-refractivity contribution in [2.24, 2.45) is 0 Å². The Kier molecular flexibility index (Phi) is 4.20. The summed E-state index contributed by atoms with van der Waals surface area (Å²) in [5.74, 6) is 0. The van der Waals surface area contributed by atoms with Crippen LogP contribution >= 0.6 is 0 Å². The molecule has 2 rings (SSSR count). The van der Waals surface area contributed by atoms with E-state index in [1.54, 1.807) is 4.90 Å². The highest BCUT2D eigenvalue weighted by atomic mass is 16.6. The second-order valence-corrected chi connectivity index (χ2v) is 4.38. The number of ether oxygens (including phenoxy) is 2. The SMILES string of the molecule is CCOC(C)N1C(=O)OCC1Cc1ccccc1. The van der Waals surface area contributed by atoms with Crippen LogP contribution in [0.25, 0.3) is 0 Å². The van der Waals surface area contributed by atoms with E-state index in [-0.39, 0.29) is 18.4 Å². The van der Waals surface area contributed by atoms with Crippen LogP contribution in [0.5, 0.6) is 0 Å². The molecule has 98 valence electrons. The average Bonchev–Trinajstić information content (AvgIpc) is 2.72. The first-order chi connectivity index (χ1) is 8.72. The molecule has 1 aromatic rings. The van der Waals surface area contributed by atoms with Crippen LogP contribution in [0.2, 0.25) is 0 Å². The molecule has 2 unspecified atom stereocenters. The summed E-state index contributed by atoms with van der Waals surface area (Å²) in [6, 6.07) is 10.2. The Bertz CT molecular complexity index is 393. The van der Waals surface area contributed by atoms with E-state index in [1.807, 2.05) is 32.0 Å². The molecule has 1 aromatic carbocycles.